The summed E-state index contributed by atoms with van der Waals surface area (Å²) in [6, 6.07) is 18.5. The number of rotatable bonds is 6. The van der Waals surface area contributed by atoms with Crippen LogP contribution in [0.1, 0.15) is 34.6 Å². The molecule has 1 heterocycles. The van der Waals surface area contributed by atoms with Crippen LogP contribution in [-0.2, 0) is 0 Å². The van der Waals surface area contributed by atoms with E-state index in [4.69, 9.17) is 5.11 Å². The molecule has 3 aromatic rings. The maximum atomic E-state index is 10.9. The second kappa shape index (κ2) is 7.65. The molecule has 2 aromatic carbocycles. The Morgan fingerprint density at radius 3 is 2.38 bits per heavy atom. The van der Waals surface area contributed by atoms with Crippen LogP contribution >= 0.6 is 0 Å². The lowest BCUT2D eigenvalue weighted by Gasteiger charge is -2.15. The smallest absolute Gasteiger partial charge is 0.335 e. The van der Waals surface area contributed by atoms with E-state index in [2.05, 4.69) is 39.7 Å². The molecule has 3 N–H and O–H groups in total. The number of nitrogens with zero attached hydrogens (tertiary/aromatic N) is 2. The molecule has 0 radical (unpaired) electrons. The average molecular weight is 348 g/mol. The predicted octanol–water partition coefficient (Wildman–Crippen LogP) is 4.40. The van der Waals surface area contributed by atoms with Crippen molar-refractivity contribution in [2.45, 2.75) is 19.9 Å². The Bertz CT molecular complexity index is 895. The molecule has 0 spiro atoms. The van der Waals surface area contributed by atoms with Gasteiger partial charge in [0.15, 0.2) is 0 Å². The zero-order valence-electron chi connectivity index (χ0n) is 14.6. The molecule has 132 valence electrons. The molecule has 0 aliphatic heterocycles. The van der Waals surface area contributed by atoms with Crippen molar-refractivity contribution in [1.82, 2.24) is 9.97 Å². The Morgan fingerprint density at radius 1 is 1.04 bits per heavy atom. The van der Waals surface area contributed by atoms with Gasteiger partial charge in [-0.2, -0.15) is 4.98 Å². The van der Waals surface area contributed by atoms with Gasteiger partial charge in [-0.05, 0) is 43.7 Å². The van der Waals surface area contributed by atoms with Gasteiger partial charge in [0.05, 0.1) is 11.6 Å². The topological polar surface area (TPSA) is 87.1 Å². The number of carboxylic acid groups (broad SMARTS) is 1. The molecule has 0 aliphatic rings. The third kappa shape index (κ3) is 4.36. The summed E-state index contributed by atoms with van der Waals surface area (Å²) in [6.07, 6.45) is 0. The van der Waals surface area contributed by atoms with Crippen LogP contribution in [0.15, 0.2) is 60.7 Å². The van der Waals surface area contributed by atoms with Gasteiger partial charge >= 0.3 is 5.97 Å². The molecule has 0 amide bonds. The summed E-state index contributed by atoms with van der Waals surface area (Å²) in [7, 11) is 0. The highest BCUT2D eigenvalue weighted by molar-refractivity contribution is 5.88. The first-order chi connectivity index (χ1) is 12.5. The van der Waals surface area contributed by atoms with Crippen LogP contribution in [0.4, 0.5) is 17.5 Å². The minimum atomic E-state index is -0.948. The summed E-state index contributed by atoms with van der Waals surface area (Å²) in [5.74, 6) is 0.227. The van der Waals surface area contributed by atoms with E-state index in [1.165, 1.54) is 0 Å². The van der Waals surface area contributed by atoms with Crippen LogP contribution in [0.2, 0.25) is 0 Å². The average Bonchev–Trinajstić information content (AvgIpc) is 2.62. The lowest BCUT2D eigenvalue weighted by atomic mass is 10.1. The van der Waals surface area contributed by atoms with Crippen molar-refractivity contribution in [3.8, 4) is 0 Å². The highest BCUT2D eigenvalue weighted by Crippen LogP contribution is 2.20. The Labute approximate surface area is 152 Å². The quantitative estimate of drug-likeness (QED) is 0.612. The molecule has 0 saturated carbocycles. The van der Waals surface area contributed by atoms with Crippen LogP contribution in [0, 0.1) is 6.92 Å². The summed E-state index contributed by atoms with van der Waals surface area (Å²) in [5, 5.41) is 15.5. The molecule has 6 heteroatoms. The lowest BCUT2D eigenvalue weighted by Crippen LogP contribution is -2.10. The second-order valence-corrected chi connectivity index (χ2v) is 6.00. The molecule has 0 saturated heterocycles. The first-order valence-corrected chi connectivity index (χ1v) is 8.29. The van der Waals surface area contributed by atoms with Crippen molar-refractivity contribution >= 4 is 23.4 Å². The Hall–Kier alpha value is -3.41. The molecule has 0 aliphatic carbocycles. The Balaban J connectivity index is 1.76. The van der Waals surface area contributed by atoms with Crippen molar-refractivity contribution in [3.63, 3.8) is 0 Å². The van der Waals surface area contributed by atoms with Gasteiger partial charge in [0.25, 0.3) is 0 Å². The minimum Gasteiger partial charge on any atom is -0.478 e. The van der Waals surface area contributed by atoms with Gasteiger partial charge in [-0.1, -0.05) is 30.3 Å². The van der Waals surface area contributed by atoms with Crippen molar-refractivity contribution < 1.29 is 9.90 Å². The second-order valence-electron chi connectivity index (χ2n) is 6.00. The number of carbonyl (C=O) groups is 1. The molecule has 1 unspecified atom stereocenters. The molecule has 6 nitrogen and oxygen atoms in total. The molecule has 26 heavy (non-hydrogen) atoms. The standard InChI is InChI=1S/C20H20N4O2/c1-13-12-18(23-17-10-8-16(9-11-17)19(25)26)24-20(21-13)22-14(2)15-6-4-3-5-7-15/h3-12,14H,1-2H3,(H,25,26)(H2,21,22,23,24). The summed E-state index contributed by atoms with van der Waals surface area (Å²) in [5.41, 5.74) is 2.98. The lowest BCUT2D eigenvalue weighted by molar-refractivity contribution is 0.0697. The summed E-state index contributed by atoms with van der Waals surface area (Å²) in [4.78, 5) is 19.9. The van der Waals surface area contributed by atoms with Gasteiger partial charge < -0.3 is 15.7 Å². The Kier molecular flexibility index (Phi) is 5.12. The van der Waals surface area contributed by atoms with Crippen LogP contribution in [-0.4, -0.2) is 21.0 Å². The van der Waals surface area contributed by atoms with Gasteiger partial charge in [-0.25, -0.2) is 9.78 Å². The number of benzene rings is 2. The minimum absolute atomic E-state index is 0.0701. The van der Waals surface area contributed by atoms with Crippen LogP contribution in [0.25, 0.3) is 0 Å². The van der Waals surface area contributed by atoms with E-state index in [1.807, 2.05) is 31.2 Å². The van der Waals surface area contributed by atoms with Crippen LogP contribution in [0.5, 0.6) is 0 Å². The van der Waals surface area contributed by atoms with Crippen molar-refractivity contribution in [3.05, 3.63) is 77.5 Å². The highest BCUT2D eigenvalue weighted by Gasteiger charge is 2.09. The van der Waals surface area contributed by atoms with Gasteiger partial charge in [-0.15, -0.1) is 0 Å². The predicted molar refractivity (Wildman–Crippen MR) is 102 cm³/mol. The number of aromatic nitrogens is 2. The van der Waals surface area contributed by atoms with Crippen molar-refractivity contribution in [1.29, 1.82) is 0 Å². The van der Waals surface area contributed by atoms with Crippen LogP contribution < -0.4 is 10.6 Å². The number of hydrogen-bond donors (Lipinski definition) is 3. The van der Waals surface area contributed by atoms with Gasteiger partial charge in [0, 0.05) is 17.4 Å². The Morgan fingerprint density at radius 2 is 1.73 bits per heavy atom. The first-order valence-electron chi connectivity index (χ1n) is 8.29. The summed E-state index contributed by atoms with van der Waals surface area (Å²) < 4.78 is 0. The normalized spacial score (nSPS) is 11.6. The fourth-order valence-electron chi connectivity index (χ4n) is 2.56. The van der Waals surface area contributed by atoms with E-state index >= 15 is 0 Å². The first kappa shape index (κ1) is 17.4. The molecule has 0 bridgehead atoms. The molecular weight excluding hydrogens is 328 g/mol. The molecule has 1 atom stereocenters. The number of aryl methyl sites for hydroxylation is 1. The number of carboxylic acids is 1. The van der Waals surface area contributed by atoms with E-state index in [0.29, 0.717) is 11.8 Å². The monoisotopic (exact) mass is 348 g/mol. The van der Waals surface area contributed by atoms with E-state index < -0.39 is 5.97 Å². The molecule has 0 fully saturated rings. The summed E-state index contributed by atoms with van der Waals surface area (Å²) in [6.45, 7) is 3.96. The number of anilines is 3. The van der Waals surface area contributed by atoms with E-state index in [1.54, 1.807) is 24.3 Å². The van der Waals surface area contributed by atoms with Gasteiger partial charge in [0.1, 0.15) is 5.82 Å². The van der Waals surface area contributed by atoms with E-state index in [-0.39, 0.29) is 11.6 Å². The largest absolute Gasteiger partial charge is 0.478 e. The fraction of sp³-hybridized carbons (Fsp3) is 0.150. The van der Waals surface area contributed by atoms with Crippen LogP contribution in [0.3, 0.4) is 0 Å². The fourth-order valence-corrected chi connectivity index (χ4v) is 2.56. The maximum Gasteiger partial charge on any atom is 0.335 e. The molecule has 3 rings (SSSR count). The third-order valence-corrected chi connectivity index (χ3v) is 3.90. The van der Waals surface area contributed by atoms with Gasteiger partial charge in [-0.3, -0.25) is 0 Å². The van der Waals surface area contributed by atoms with Gasteiger partial charge in [0.2, 0.25) is 5.95 Å². The maximum absolute atomic E-state index is 10.9. The third-order valence-electron chi connectivity index (χ3n) is 3.90. The zero-order chi connectivity index (χ0) is 18.5. The van der Waals surface area contributed by atoms with E-state index in [0.717, 1.165) is 16.9 Å². The number of aromatic carboxylic acids is 1. The molecule has 1 aromatic heterocycles. The van der Waals surface area contributed by atoms with Crippen molar-refractivity contribution in [2.75, 3.05) is 10.6 Å². The summed E-state index contributed by atoms with van der Waals surface area (Å²) >= 11 is 0. The van der Waals surface area contributed by atoms with Crippen molar-refractivity contribution in [2.24, 2.45) is 0 Å². The SMILES string of the molecule is Cc1cc(Nc2ccc(C(=O)O)cc2)nc(NC(C)c2ccccc2)n1. The van der Waals surface area contributed by atoms with E-state index in [9.17, 15) is 4.79 Å². The number of nitrogens with one attached hydrogen (secondary N) is 2. The highest BCUT2D eigenvalue weighted by atomic mass is 16.4. The molecular formula is C20H20N4O2. The number of hydrogen-bond acceptors (Lipinski definition) is 5. The zero-order valence-corrected chi connectivity index (χ0v) is 14.6.